The molecule has 0 atom stereocenters. The van der Waals surface area contributed by atoms with Crippen molar-refractivity contribution < 1.29 is 4.79 Å². The molecular weight excluding hydrogens is 220 g/mol. The first kappa shape index (κ1) is 19.5. The predicted octanol–water partition coefficient (Wildman–Crippen LogP) is 5.71. The number of Topliss-reactive ketones (excluding diaryl/α,β-unsaturated/α-hetero) is 1. The topological polar surface area (TPSA) is 17.1 Å². The highest BCUT2D eigenvalue weighted by atomic mass is 16.1. The normalized spacial score (nSPS) is 17.9. The Bertz CT molecular complexity index is 293. The first-order valence-corrected chi connectivity index (χ1v) is 7.40. The van der Waals surface area contributed by atoms with Crippen LogP contribution in [-0.2, 0) is 4.79 Å². The monoisotopic (exact) mass is 252 g/mol. The van der Waals surface area contributed by atoms with Gasteiger partial charge in [0.05, 0.1) is 0 Å². The molecule has 0 aliphatic heterocycles. The van der Waals surface area contributed by atoms with Crippen molar-refractivity contribution in [1.82, 2.24) is 0 Å². The predicted molar refractivity (Wildman–Crippen MR) is 82.8 cm³/mol. The highest BCUT2D eigenvalue weighted by Gasteiger charge is 2.30. The Kier molecular flexibility index (Phi) is 10.9. The fourth-order valence-electron chi connectivity index (χ4n) is 1.99. The van der Waals surface area contributed by atoms with E-state index in [0.29, 0.717) is 12.2 Å². The number of rotatable bonds is 2. The van der Waals surface area contributed by atoms with Crippen molar-refractivity contribution in [3.05, 3.63) is 23.3 Å². The molecule has 1 heteroatoms. The van der Waals surface area contributed by atoms with Crippen molar-refractivity contribution in [3.63, 3.8) is 0 Å². The van der Waals surface area contributed by atoms with Crippen LogP contribution in [0.15, 0.2) is 23.3 Å². The van der Waals surface area contributed by atoms with Crippen LogP contribution in [0.5, 0.6) is 0 Å². The van der Waals surface area contributed by atoms with Crippen molar-refractivity contribution in [1.29, 1.82) is 0 Å². The zero-order valence-corrected chi connectivity index (χ0v) is 13.7. The second-order valence-corrected chi connectivity index (χ2v) is 4.66. The molecule has 0 N–H and O–H groups in total. The number of carbonyl (C=O) groups excluding carboxylic acids is 1. The lowest BCUT2D eigenvalue weighted by Crippen LogP contribution is -2.24. The number of hydrogen-bond acceptors (Lipinski definition) is 1. The molecule has 1 aliphatic rings. The summed E-state index contributed by atoms with van der Waals surface area (Å²) in [7, 11) is 0. The Morgan fingerprint density at radius 3 is 2.11 bits per heavy atom. The van der Waals surface area contributed by atoms with E-state index in [1.54, 1.807) is 0 Å². The van der Waals surface area contributed by atoms with Gasteiger partial charge < -0.3 is 0 Å². The summed E-state index contributed by atoms with van der Waals surface area (Å²) in [5, 5.41) is 0. The highest BCUT2D eigenvalue weighted by molar-refractivity contribution is 5.97. The third-order valence-corrected chi connectivity index (χ3v) is 3.05. The van der Waals surface area contributed by atoms with Crippen LogP contribution in [0.2, 0.25) is 0 Å². The summed E-state index contributed by atoms with van der Waals surface area (Å²) in [6.07, 6.45) is 6.99. The lowest BCUT2D eigenvalue weighted by molar-refractivity contribution is -0.116. The van der Waals surface area contributed by atoms with Gasteiger partial charge in [0.2, 0.25) is 0 Å². The Morgan fingerprint density at radius 2 is 1.67 bits per heavy atom. The van der Waals surface area contributed by atoms with Crippen LogP contribution in [0.1, 0.15) is 74.7 Å². The molecular formula is C17H32O. The van der Waals surface area contributed by atoms with Gasteiger partial charge >= 0.3 is 0 Å². The van der Waals surface area contributed by atoms with Gasteiger partial charge in [-0.1, -0.05) is 60.6 Å². The van der Waals surface area contributed by atoms with Crippen molar-refractivity contribution >= 4 is 5.78 Å². The largest absolute Gasteiger partial charge is 0.295 e. The van der Waals surface area contributed by atoms with E-state index in [1.165, 1.54) is 5.57 Å². The van der Waals surface area contributed by atoms with Gasteiger partial charge in [0, 0.05) is 6.42 Å². The van der Waals surface area contributed by atoms with Crippen LogP contribution in [0.3, 0.4) is 0 Å². The Labute approximate surface area is 114 Å². The number of hydrogen-bond donors (Lipinski definition) is 0. The Morgan fingerprint density at radius 1 is 1.17 bits per heavy atom. The van der Waals surface area contributed by atoms with Gasteiger partial charge in [-0.3, -0.25) is 4.79 Å². The van der Waals surface area contributed by atoms with Crippen molar-refractivity contribution in [2.24, 2.45) is 5.41 Å². The molecule has 0 radical (unpaired) electrons. The standard InChI is InChI=1S/C13H20O.2C2H6/c1-5-6-7-11-10(2)12(14)8-9-13(11,3)4;2*1-2/h6-7H,5,8-9H2,1-4H3;2*1-2H3/b7-6+;;. The average molecular weight is 252 g/mol. The summed E-state index contributed by atoms with van der Waals surface area (Å²) >= 11 is 0. The Hall–Kier alpha value is -0.850. The number of carbonyl (C=O) groups is 1. The van der Waals surface area contributed by atoms with Crippen LogP contribution in [0.25, 0.3) is 0 Å². The van der Waals surface area contributed by atoms with E-state index in [0.717, 1.165) is 18.4 Å². The zero-order chi connectivity index (χ0) is 14.8. The van der Waals surface area contributed by atoms with Crippen molar-refractivity contribution in [3.8, 4) is 0 Å². The average Bonchev–Trinajstić information content (AvgIpc) is 2.39. The van der Waals surface area contributed by atoms with E-state index in [1.807, 2.05) is 34.6 Å². The summed E-state index contributed by atoms with van der Waals surface area (Å²) in [6.45, 7) is 16.5. The van der Waals surface area contributed by atoms with Crippen LogP contribution >= 0.6 is 0 Å². The fourth-order valence-corrected chi connectivity index (χ4v) is 1.99. The number of ketones is 1. The van der Waals surface area contributed by atoms with E-state index in [-0.39, 0.29) is 5.41 Å². The highest BCUT2D eigenvalue weighted by Crippen LogP contribution is 2.39. The molecule has 1 rings (SSSR count). The summed E-state index contributed by atoms with van der Waals surface area (Å²) in [5.74, 6) is 0.320. The molecule has 0 aromatic carbocycles. The molecule has 0 saturated heterocycles. The molecule has 0 fully saturated rings. The third kappa shape index (κ3) is 5.66. The summed E-state index contributed by atoms with van der Waals surface area (Å²) in [4.78, 5) is 11.6. The van der Waals surface area contributed by atoms with Crippen LogP contribution in [-0.4, -0.2) is 5.78 Å². The van der Waals surface area contributed by atoms with E-state index in [9.17, 15) is 4.79 Å². The minimum absolute atomic E-state index is 0.170. The summed E-state index contributed by atoms with van der Waals surface area (Å²) in [6, 6.07) is 0. The van der Waals surface area contributed by atoms with Gasteiger partial charge in [-0.05, 0) is 36.3 Å². The van der Waals surface area contributed by atoms with Crippen LogP contribution in [0.4, 0.5) is 0 Å². The molecule has 0 aromatic rings. The van der Waals surface area contributed by atoms with Gasteiger partial charge in [-0.15, -0.1) is 0 Å². The quantitative estimate of drug-likeness (QED) is 0.615. The first-order valence-electron chi connectivity index (χ1n) is 7.40. The molecule has 0 spiro atoms. The molecule has 0 aromatic heterocycles. The lowest BCUT2D eigenvalue weighted by atomic mass is 9.72. The van der Waals surface area contributed by atoms with E-state index in [2.05, 4.69) is 32.9 Å². The minimum atomic E-state index is 0.170. The van der Waals surface area contributed by atoms with Gasteiger partial charge in [-0.2, -0.15) is 0 Å². The molecule has 1 nitrogen and oxygen atoms in total. The van der Waals surface area contributed by atoms with Crippen molar-refractivity contribution in [2.75, 3.05) is 0 Å². The van der Waals surface area contributed by atoms with Gasteiger partial charge in [0.25, 0.3) is 0 Å². The van der Waals surface area contributed by atoms with Crippen LogP contribution < -0.4 is 0 Å². The maximum absolute atomic E-state index is 11.6. The molecule has 0 saturated carbocycles. The van der Waals surface area contributed by atoms with E-state index < -0.39 is 0 Å². The summed E-state index contributed by atoms with van der Waals surface area (Å²) < 4.78 is 0. The number of allylic oxidation sites excluding steroid dienone is 4. The van der Waals surface area contributed by atoms with Gasteiger partial charge in [0.1, 0.15) is 0 Å². The third-order valence-electron chi connectivity index (χ3n) is 3.05. The second-order valence-electron chi connectivity index (χ2n) is 4.66. The zero-order valence-electron chi connectivity index (χ0n) is 13.7. The minimum Gasteiger partial charge on any atom is -0.295 e. The van der Waals surface area contributed by atoms with Crippen LogP contribution in [0, 0.1) is 5.41 Å². The first-order chi connectivity index (χ1) is 8.49. The molecule has 106 valence electrons. The SMILES string of the molecule is CC.CC.CC/C=C/C1=C(C)C(=O)CCC1(C)C. The smallest absolute Gasteiger partial charge is 0.158 e. The van der Waals surface area contributed by atoms with Crippen molar-refractivity contribution in [2.45, 2.75) is 74.7 Å². The molecule has 1 aliphatic carbocycles. The molecule has 0 bridgehead atoms. The second kappa shape index (κ2) is 10.1. The lowest BCUT2D eigenvalue weighted by Gasteiger charge is -2.32. The fraction of sp³-hybridized carbons (Fsp3) is 0.706. The maximum Gasteiger partial charge on any atom is 0.158 e. The van der Waals surface area contributed by atoms with Gasteiger partial charge in [-0.25, -0.2) is 0 Å². The molecule has 0 heterocycles. The Balaban J connectivity index is 0. The molecule has 18 heavy (non-hydrogen) atoms. The summed E-state index contributed by atoms with van der Waals surface area (Å²) in [5.41, 5.74) is 2.37. The van der Waals surface area contributed by atoms with E-state index in [4.69, 9.17) is 0 Å². The molecule has 0 unspecified atom stereocenters. The van der Waals surface area contributed by atoms with Gasteiger partial charge in [0.15, 0.2) is 5.78 Å². The van der Waals surface area contributed by atoms with E-state index >= 15 is 0 Å². The molecule has 0 amide bonds. The maximum atomic E-state index is 11.6.